The van der Waals surface area contributed by atoms with Crippen LogP contribution in [0.5, 0.6) is 0 Å². The molecule has 0 saturated carbocycles. The lowest BCUT2D eigenvalue weighted by Gasteiger charge is -2.17. The van der Waals surface area contributed by atoms with Gasteiger partial charge in [0.2, 0.25) is 0 Å². The molecule has 0 heterocycles. The molecule has 0 aromatic heterocycles. The quantitative estimate of drug-likeness (QED) is 0.830. The normalized spacial score (nSPS) is 11.8. The lowest BCUT2D eigenvalue weighted by Crippen LogP contribution is -2.35. The van der Waals surface area contributed by atoms with Gasteiger partial charge in [-0.05, 0) is 11.6 Å². The molecule has 0 spiro atoms. The third-order valence-corrected chi connectivity index (χ3v) is 4.06. The van der Waals surface area contributed by atoms with Gasteiger partial charge >= 0.3 is 0 Å². The van der Waals surface area contributed by atoms with Crippen LogP contribution in [0.4, 0.5) is 0 Å². The van der Waals surface area contributed by atoms with Gasteiger partial charge in [-0.2, -0.15) is 12.7 Å². The summed E-state index contributed by atoms with van der Waals surface area (Å²) >= 11 is 3.24. The van der Waals surface area contributed by atoms with Crippen LogP contribution < -0.4 is 5.14 Å². The maximum atomic E-state index is 11.2. The van der Waals surface area contributed by atoms with Crippen LogP contribution in [-0.2, 0) is 16.8 Å². The van der Waals surface area contributed by atoms with Crippen molar-refractivity contribution in [1.82, 2.24) is 4.31 Å². The molecule has 0 aliphatic carbocycles. The van der Waals surface area contributed by atoms with E-state index in [1.807, 2.05) is 0 Å². The number of rotatable bonds is 5. The minimum absolute atomic E-state index is 0.188. The SMILES string of the molecule is CCN(Cc1ccc(C=O)c(Br)c1)S(N)(=O)=O. The third-order valence-electron chi connectivity index (χ3n) is 2.26. The average Bonchev–Trinajstić information content (AvgIpc) is 2.24. The summed E-state index contributed by atoms with van der Waals surface area (Å²) in [4.78, 5) is 10.6. The second kappa shape index (κ2) is 5.72. The van der Waals surface area contributed by atoms with Gasteiger partial charge in [0.1, 0.15) is 0 Å². The Morgan fingerprint density at radius 3 is 2.53 bits per heavy atom. The number of nitrogens with two attached hydrogens (primary N) is 1. The lowest BCUT2D eigenvalue weighted by molar-refractivity contribution is 0.112. The van der Waals surface area contributed by atoms with Gasteiger partial charge in [-0.15, -0.1) is 0 Å². The summed E-state index contributed by atoms with van der Waals surface area (Å²) in [5.74, 6) is 0. The zero-order valence-corrected chi connectivity index (χ0v) is 11.7. The molecule has 0 aliphatic rings. The number of nitrogens with zero attached hydrogens (tertiary/aromatic N) is 1. The maximum absolute atomic E-state index is 11.2. The standard InChI is InChI=1S/C10H13BrN2O3S/c1-2-13(17(12,15)16)6-8-3-4-9(7-14)10(11)5-8/h3-5,7H,2,6H2,1H3,(H2,12,15,16). The Kier molecular flexibility index (Phi) is 4.81. The maximum Gasteiger partial charge on any atom is 0.277 e. The van der Waals surface area contributed by atoms with Crippen LogP contribution in [0.1, 0.15) is 22.8 Å². The number of aldehydes is 1. The van der Waals surface area contributed by atoms with Gasteiger partial charge in [0.25, 0.3) is 10.2 Å². The summed E-state index contributed by atoms with van der Waals surface area (Å²) in [7, 11) is -3.69. The first kappa shape index (κ1) is 14.3. The van der Waals surface area contributed by atoms with Crippen LogP contribution >= 0.6 is 15.9 Å². The molecule has 0 atom stereocenters. The zero-order chi connectivity index (χ0) is 13.1. The first-order valence-corrected chi connectivity index (χ1v) is 7.19. The molecular weight excluding hydrogens is 308 g/mol. The van der Waals surface area contributed by atoms with Crippen molar-refractivity contribution in [3.63, 3.8) is 0 Å². The molecule has 5 nitrogen and oxygen atoms in total. The van der Waals surface area contributed by atoms with Gasteiger partial charge in [0, 0.05) is 23.1 Å². The van der Waals surface area contributed by atoms with Crippen molar-refractivity contribution in [2.75, 3.05) is 6.54 Å². The van der Waals surface area contributed by atoms with Crippen molar-refractivity contribution in [2.24, 2.45) is 5.14 Å². The highest BCUT2D eigenvalue weighted by Gasteiger charge is 2.15. The van der Waals surface area contributed by atoms with Gasteiger partial charge in [-0.25, -0.2) is 5.14 Å². The van der Waals surface area contributed by atoms with E-state index < -0.39 is 10.2 Å². The predicted molar refractivity (Wildman–Crippen MR) is 68.7 cm³/mol. The molecule has 1 aromatic rings. The van der Waals surface area contributed by atoms with Gasteiger partial charge in [-0.3, -0.25) is 4.79 Å². The number of halogens is 1. The molecule has 2 N–H and O–H groups in total. The van der Waals surface area contributed by atoms with Gasteiger partial charge in [0.15, 0.2) is 6.29 Å². The van der Waals surface area contributed by atoms with Crippen molar-refractivity contribution in [3.8, 4) is 0 Å². The highest BCUT2D eigenvalue weighted by atomic mass is 79.9. The fourth-order valence-electron chi connectivity index (χ4n) is 1.35. The average molecular weight is 321 g/mol. The first-order valence-electron chi connectivity index (χ1n) is 4.90. The first-order chi connectivity index (χ1) is 7.88. The van der Waals surface area contributed by atoms with E-state index in [0.717, 1.165) is 16.2 Å². The van der Waals surface area contributed by atoms with Crippen LogP contribution in [0.15, 0.2) is 22.7 Å². The minimum Gasteiger partial charge on any atom is -0.298 e. The molecule has 0 aliphatic heterocycles. The van der Waals surface area contributed by atoms with E-state index in [1.165, 1.54) is 0 Å². The lowest BCUT2D eigenvalue weighted by atomic mass is 10.1. The number of hydrogen-bond donors (Lipinski definition) is 1. The Hall–Kier alpha value is -0.760. The Labute approximate surface area is 109 Å². The van der Waals surface area contributed by atoms with Gasteiger partial charge in [0.05, 0.1) is 0 Å². The molecule has 0 fully saturated rings. The summed E-state index contributed by atoms with van der Waals surface area (Å²) in [6.07, 6.45) is 0.727. The molecule has 0 radical (unpaired) electrons. The van der Waals surface area contributed by atoms with E-state index in [9.17, 15) is 13.2 Å². The Bertz CT molecular complexity index is 516. The van der Waals surface area contributed by atoms with Crippen LogP contribution in [0, 0.1) is 0 Å². The smallest absolute Gasteiger partial charge is 0.277 e. The van der Waals surface area contributed by atoms with E-state index in [2.05, 4.69) is 15.9 Å². The molecule has 17 heavy (non-hydrogen) atoms. The molecule has 1 aromatic carbocycles. The van der Waals surface area contributed by atoms with Crippen LogP contribution in [0.25, 0.3) is 0 Å². The van der Waals surface area contributed by atoms with E-state index in [0.29, 0.717) is 16.6 Å². The zero-order valence-electron chi connectivity index (χ0n) is 9.26. The van der Waals surface area contributed by atoms with Crippen molar-refractivity contribution >= 4 is 32.4 Å². The van der Waals surface area contributed by atoms with Crippen molar-refractivity contribution < 1.29 is 13.2 Å². The largest absolute Gasteiger partial charge is 0.298 e. The van der Waals surface area contributed by atoms with Crippen LogP contribution in [-0.4, -0.2) is 25.6 Å². The molecule has 0 saturated heterocycles. The molecule has 7 heteroatoms. The number of hydrogen-bond acceptors (Lipinski definition) is 3. The van der Waals surface area contributed by atoms with Gasteiger partial charge in [-0.1, -0.05) is 35.0 Å². The number of carbonyl (C=O) groups is 1. The van der Waals surface area contributed by atoms with E-state index in [1.54, 1.807) is 25.1 Å². The van der Waals surface area contributed by atoms with Crippen LogP contribution in [0.2, 0.25) is 0 Å². The molecule has 0 bridgehead atoms. The second-order valence-electron chi connectivity index (χ2n) is 3.44. The predicted octanol–water partition coefficient (Wildman–Crippen LogP) is 1.29. The summed E-state index contributed by atoms with van der Waals surface area (Å²) in [6.45, 7) is 2.19. The monoisotopic (exact) mass is 320 g/mol. The highest BCUT2D eigenvalue weighted by Crippen LogP contribution is 2.18. The molecular formula is C10H13BrN2O3S. The van der Waals surface area contributed by atoms with Crippen LogP contribution in [0.3, 0.4) is 0 Å². The summed E-state index contributed by atoms with van der Waals surface area (Å²) in [5.41, 5.74) is 1.28. The molecule has 94 valence electrons. The fraction of sp³-hybridized carbons (Fsp3) is 0.300. The van der Waals surface area contributed by atoms with E-state index in [4.69, 9.17) is 5.14 Å². The van der Waals surface area contributed by atoms with Gasteiger partial charge < -0.3 is 0 Å². The van der Waals surface area contributed by atoms with Crippen molar-refractivity contribution in [2.45, 2.75) is 13.5 Å². The van der Waals surface area contributed by atoms with E-state index >= 15 is 0 Å². The second-order valence-corrected chi connectivity index (χ2v) is 5.85. The Morgan fingerprint density at radius 2 is 2.12 bits per heavy atom. The molecule has 0 amide bonds. The highest BCUT2D eigenvalue weighted by molar-refractivity contribution is 9.10. The fourth-order valence-corrected chi connectivity index (χ4v) is 2.56. The Balaban J connectivity index is 2.95. The molecule has 1 rings (SSSR count). The topological polar surface area (TPSA) is 80.5 Å². The minimum atomic E-state index is -3.69. The number of benzene rings is 1. The number of carbonyl (C=O) groups excluding carboxylic acids is 1. The third kappa shape index (κ3) is 3.88. The molecule has 0 unspecified atom stereocenters. The summed E-state index contributed by atoms with van der Waals surface area (Å²) < 4.78 is 24.2. The van der Waals surface area contributed by atoms with Crippen molar-refractivity contribution in [1.29, 1.82) is 0 Å². The Morgan fingerprint density at radius 1 is 1.47 bits per heavy atom. The summed E-state index contributed by atoms with van der Waals surface area (Å²) in [6, 6.07) is 5.03. The van der Waals surface area contributed by atoms with E-state index in [-0.39, 0.29) is 6.54 Å². The summed E-state index contributed by atoms with van der Waals surface area (Å²) in [5, 5.41) is 5.06. The van der Waals surface area contributed by atoms with Crippen molar-refractivity contribution in [3.05, 3.63) is 33.8 Å².